The summed E-state index contributed by atoms with van der Waals surface area (Å²) in [6.45, 7) is 9.02. The van der Waals surface area contributed by atoms with E-state index in [4.69, 9.17) is 4.98 Å². The molecule has 7 nitrogen and oxygen atoms in total. The summed E-state index contributed by atoms with van der Waals surface area (Å²) in [4.78, 5) is 24.9. The van der Waals surface area contributed by atoms with Gasteiger partial charge < -0.3 is 5.32 Å². The van der Waals surface area contributed by atoms with E-state index in [-0.39, 0.29) is 11.8 Å². The van der Waals surface area contributed by atoms with E-state index in [0.717, 1.165) is 90.1 Å². The van der Waals surface area contributed by atoms with Crippen LogP contribution in [0, 0.1) is 12.8 Å². The molecule has 0 unspecified atom stereocenters. The van der Waals surface area contributed by atoms with Gasteiger partial charge in [0.2, 0.25) is 5.91 Å². The second kappa shape index (κ2) is 11.8. The van der Waals surface area contributed by atoms with E-state index in [0.29, 0.717) is 6.04 Å². The molecule has 1 N–H and O–H groups in total. The number of fused-ring (bicyclic) bond motifs is 3. The zero-order valence-corrected chi connectivity index (χ0v) is 24.2. The lowest BCUT2D eigenvalue weighted by Crippen LogP contribution is -2.43. The third-order valence-corrected chi connectivity index (χ3v) is 8.39. The summed E-state index contributed by atoms with van der Waals surface area (Å²) in [7, 11) is 0. The highest BCUT2D eigenvalue weighted by molar-refractivity contribution is 5.90. The number of pyridine rings is 1. The number of carbonyl (C=O) groups is 1. The molecule has 1 aliphatic heterocycles. The third kappa shape index (κ3) is 5.72. The first kappa shape index (κ1) is 27.1. The SMILES string of the molecule is CCC(CC)NC(=O)C1CCN(Cc2ccc(-c3nc4c(cnc5cc(C)nn54)cc3-c3ccccc3)cc2)CC1. The van der Waals surface area contributed by atoms with Gasteiger partial charge in [0.1, 0.15) is 0 Å². The average molecular weight is 547 g/mol. The number of hydrogen-bond donors (Lipinski definition) is 1. The molecule has 5 aromatic rings. The number of amides is 1. The van der Waals surface area contributed by atoms with Crippen molar-refractivity contribution in [1.29, 1.82) is 0 Å². The highest BCUT2D eigenvalue weighted by atomic mass is 16.1. The molecule has 0 spiro atoms. The molecule has 7 heteroatoms. The van der Waals surface area contributed by atoms with E-state index in [1.807, 2.05) is 29.8 Å². The maximum atomic E-state index is 12.7. The van der Waals surface area contributed by atoms with Gasteiger partial charge in [-0.2, -0.15) is 9.61 Å². The molecule has 6 rings (SSSR count). The van der Waals surface area contributed by atoms with Gasteiger partial charge in [-0.05, 0) is 62.9 Å². The molecule has 0 saturated carbocycles. The number of aromatic nitrogens is 4. The van der Waals surface area contributed by atoms with Crippen LogP contribution in [0.2, 0.25) is 0 Å². The van der Waals surface area contributed by atoms with E-state index in [2.05, 4.69) is 88.7 Å². The molecule has 0 radical (unpaired) electrons. The van der Waals surface area contributed by atoms with Crippen molar-refractivity contribution in [3.63, 3.8) is 0 Å². The second-order valence-electron chi connectivity index (χ2n) is 11.2. The Morgan fingerprint density at radius 1 is 0.976 bits per heavy atom. The normalized spacial score (nSPS) is 14.7. The standard InChI is InChI=1S/C34H38N6O/c1-4-29(5-2)36-34(41)27-15-17-39(18-16-27)22-24-11-13-26(14-12-24)32-30(25-9-7-6-8-10-25)20-28-21-35-31-19-23(3)38-40(31)33(28)37-32/h6-14,19-21,27,29H,4-5,15-18,22H2,1-3H3,(H,36,41). The number of rotatable bonds is 8. The van der Waals surface area contributed by atoms with E-state index in [9.17, 15) is 4.79 Å². The number of aryl methyl sites for hydroxylation is 1. The Hall–Kier alpha value is -4.10. The summed E-state index contributed by atoms with van der Waals surface area (Å²) in [6.07, 6.45) is 5.70. The van der Waals surface area contributed by atoms with Crippen LogP contribution in [0.5, 0.6) is 0 Å². The van der Waals surface area contributed by atoms with Crippen LogP contribution < -0.4 is 5.32 Å². The number of nitrogens with zero attached hydrogens (tertiary/aromatic N) is 5. The Bertz CT molecular complexity index is 1650. The summed E-state index contributed by atoms with van der Waals surface area (Å²) >= 11 is 0. The number of hydrogen-bond acceptors (Lipinski definition) is 5. The van der Waals surface area contributed by atoms with Gasteiger partial charge in [-0.25, -0.2) is 9.97 Å². The van der Waals surface area contributed by atoms with Gasteiger partial charge in [-0.3, -0.25) is 9.69 Å². The molecule has 0 aliphatic carbocycles. The smallest absolute Gasteiger partial charge is 0.223 e. The molecule has 0 bridgehead atoms. The lowest BCUT2D eigenvalue weighted by atomic mass is 9.94. The number of benzene rings is 2. The lowest BCUT2D eigenvalue weighted by molar-refractivity contribution is -0.127. The third-order valence-electron chi connectivity index (χ3n) is 8.39. The van der Waals surface area contributed by atoms with Crippen LogP contribution in [0.25, 0.3) is 39.1 Å². The Labute approximate surface area is 241 Å². The van der Waals surface area contributed by atoms with Crippen LogP contribution >= 0.6 is 0 Å². The fraction of sp³-hybridized carbons (Fsp3) is 0.353. The summed E-state index contributed by atoms with van der Waals surface area (Å²) in [5.74, 6) is 0.364. The van der Waals surface area contributed by atoms with E-state index in [1.165, 1.54) is 5.56 Å². The Morgan fingerprint density at radius 2 is 1.71 bits per heavy atom. The summed E-state index contributed by atoms with van der Waals surface area (Å²) in [5, 5.41) is 8.85. The van der Waals surface area contributed by atoms with Gasteiger partial charge in [0.15, 0.2) is 11.3 Å². The predicted molar refractivity (Wildman–Crippen MR) is 164 cm³/mol. The Kier molecular flexibility index (Phi) is 7.79. The second-order valence-corrected chi connectivity index (χ2v) is 11.2. The van der Waals surface area contributed by atoms with Crippen LogP contribution in [-0.4, -0.2) is 49.5 Å². The summed E-state index contributed by atoms with van der Waals surface area (Å²) < 4.78 is 1.84. The van der Waals surface area contributed by atoms with Gasteiger partial charge in [-0.1, -0.05) is 68.4 Å². The highest BCUT2D eigenvalue weighted by Crippen LogP contribution is 2.34. The van der Waals surface area contributed by atoms with E-state index < -0.39 is 0 Å². The molecule has 0 atom stereocenters. The largest absolute Gasteiger partial charge is 0.353 e. The van der Waals surface area contributed by atoms with Crippen molar-refractivity contribution in [2.75, 3.05) is 13.1 Å². The van der Waals surface area contributed by atoms with Crippen molar-refractivity contribution in [3.05, 3.63) is 84.2 Å². The number of piperidine rings is 1. The molecule has 1 saturated heterocycles. The quantitative estimate of drug-likeness (QED) is 0.243. The van der Waals surface area contributed by atoms with E-state index in [1.54, 1.807) is 0 Å². The van der Waals surface area contributed by atoms with Crippen molar-refractivity contribution in [2.24, 2.45) is 5.92 Å². The fourth-order valence-corrected chi connectivity index (χ4v) is 5.90. The predicted octanol–water partition coefficient (Wildman–Crippen LogP) is 6.44. The van der Waals surface area contributed by atoms with Crippen LogP contribution in [0.15, 0.2) is 72.9 Å². The molecular weight excluding hydrogens is 508 g/mol. The number of nitrogens with one attached hydrogen (secondary N) is 1. The molecule has 3 aromatic heterocycles. The lowest BCUT2D eigenvalue weighted by Gasteiger charge is -2.32. The highest BCUT2D eigenvalue weighted by Gasteiger charge is 2.26. The van der Waals surface area contributed by atoms with Gasteiger partial charge in [-0.15, -0.1) is 0 Å². The molecule has 2 aromatic carbocycles. The van der Waals surface area contributed by atoms with Crippen LogP contribution in [0.4, 0.5) is 0 Å². The monoisotopic (exact) mass is 546 g/mol. The molecule has 1 fully saturated rings. The van der Waals surface area contributed by atoms with Crippen molar-refractivity contribution in [2.45, 2.75) is 59.0 Å². The Balaban J connectivity index is 1.23. The summed E-state index contributed by atoms with van der Waals surface area (Å²) in [6, 6.07) is 23.6. The first-order chi connectivity index (χ1) is 20.0. The van der Waals surface area contributed by atoms with Crippen molar-refractivity contribution >= 4 is 22.6 Å². The minimum Gasteiger partial charge on any atom is -0.353 e. The van der Waals surface area contributed by atoms with Gasteiger partial charge in [0.05, 0.1) is 11.4 Å². The van der Waals surface area contributed by atoms with Gasteiger partial charge in [0, 0.05) is 47.3 Å². The maximum absolute atomic E-state index is 12.7. The first-order valence-corrected chi connectivity index (χ1v) is 14.9. The average Bonchev–Trinajstić information content (AvgIpc) is 3.41. The molecule has 1 aliphatic rings. The first-order valence-electron chi connectivity index (χ1n) is 14.9. The number of carbonyl (C=O) groups excluding carboxylic acids is 1. The topological polar surface area (TPSA) is 75.4 Å². The van der Waals surface area contributed by atoms with Crippen molar-refractivity contribution in [1.82, 2.24) is 29.8 Å². The molecule has 210 valence electrons. The minimum atomic E-state index is 0.129. The Morgan fingerprint density at radius 3 is 2.41 bits per heavy atom. The summed E-state index contributed by atoms with van der Waals surface area (Å²) in [5.41, 5.74) is 7.98. The number of likely N-dealkylation sites (tertiary alicyclic amines) is 1. The van der Waals surface area contributed by atoms with Gasteiger partial charge in [0.25, 0.3) is 0 Å². The van der Waals surface area contributed by atoms with Gasteiger partial charge >= 0.3 is 0 Å². The van der Waals surface area contributed by atoms with Crippen molar-refractivity contribution in [3.8, 4) is 22.4 Å². The fourth-order valence-electron chi connectivity index (χ4n) is 5.90. The molecule has 4 heterocycles. The zero-order chi connectivity index (χ0) is 28.3. The molecule has 41 heavy (non-hydrogen) atoms. The van der Waals surface area contributed by atoms with Crippen LogP contribution in [0.1, 0.15) is 50.8 Å². The van der Waals surface area contributed by atoms with Crippen LogP contribution in [-0.2, 0) is 11.3 Å². The van der Waals surface area contributed by atoms with Crippen LogP contribution in [0.3, 0.4) is 0 Å². The minimum absolute atomic E-state index is 0.129. The molecule has 1 amide bonds. The van der Waals surface area contributed by atoms with Crippen molar-refractivity contribution < 1.29 is 4.79 Å². The molecular formula is C34H38N6O. The maximum Gasteiger partial charge on any atom is 0.223 e. The zero-order valence-electron chi connectivity index (χ0n) is 24.2. The van der Waals surface area contributed by atoms with E-state index >= 15 is 0 Å².